The highest BCUT2D eigenvalue weighted by Gasteiger charge is 2.39. The second kappa shape index (κ2) is 5.22. The van der Waals surface area contributed by atoms with E-state index in [-0.39, 0.29) is 17.9 Å². The lowest BCUT2D eigenvalue weighted by Gasteiger charge is -2.24. The lowest BCUT2D eigenvalue weighted by atomic mass is 10.1. The van der Waals surface area contributed by atoms with Gasteiger partial charge in [0.25, 0.3) is 0 Å². The molecule has 0 spiro atoms. The summed E-state index contributed by atoms with van der Waals surface area (Å²) in [6.45, 7) is 1.43. The standard InChI is InChI=1S/C15H12F3N3O2/c1-8-5-10(15(16,17)18)7-12(20-8)21-11(14(22)23)6-9-3-2-4-19-13(9)21/h2-5,7,11H,6H2,1H3,(H,22,23). The predicted octanol–water partition coefficient (Wildman–Crippen LogP) is 2.95. The molecule has 1 atom stereocenters. The van der Waals surface area contributed by atoms with Gasteiger partial charge in [0, 0.05) is 18.3 Å². The Labute approximate surface area is 129 Å². The third-order valence-electron chi connectivity index (χ3n) is 3.62. The monoisotopic (exact) mass is 323 g/mol. The van der Waals surface area contributed by atoms with E-state index < -0.39 is 23.8 Å². The third kappa shape index (κ3) is 2.71. The topological polar surface area (TPSA) is 66.3 Å². The number of nitrogens with zero attached hydrogens (tertiary/aromatic N) is 3. The SMILES string of the molecule is Cc1cc(C(F)(F)F)cc(N2c3ncccc3CC2C(=O)O)n1. The lowest BCUT2D eigenvalue weighted by Crippen LogP contribution is -2.36. The Hall–Kier alpha value is -2.64. The largest absolute Gasteiger partial charge is 0.480 e. The van der Waals surface area contributed by atoms with Gasteiger partial charge < -0.3 is 5.11 Å². The highest BCUT2D eigenvalue weighted by atomic mass is 19.4. The van der Waals surface area contributed by atoms with Crippen LogP contribution in [0, 0.1) is 6.92 Å². The molecule has 0 amide bonds. The van der Waals surface area contributed by atoms with E-state index in [9.17, 15) is 23.1 Å². The van der Waals surface area contributed by atoms with E-state index in [2.05, 4.69) is 9.97 Å². The smallest absolute Gasteiger partial charge is 0.416 e. The van der Waals surface area contributed by atoms with Crippen LogP contribution in [0.1, 0.15) is 16.8 Å². The fourth-order valence-corrected chi connectivity index (χ4v) is 2.66. The molecule has 2 aromatic rings. The van der Waals surface area contributed by atoms with Crippen molar-refractivity contribution >= 4 is 17.6 Å². The van der Waals surface area contributed by atoms with Crippen LogP contribution in [0.15, 0.2) is 30.5 Å². The number of carboxylic acids is 1. The van der Waals surface area contributed by atoms with E-state index in [1.165, 1.54) is 18.0 Å². The number of aromatic nitrogens is 2. The van der Waals surface area contributed by atoms with E-state index in [0.717, 1.165) is 12.1 Å². The summed E-state index contributed by atoms with van der Waals surface area (Å²) in [5.74, 6) is -0.881. The number of rotatable bonds is 2. The van der Waals surface area contributed by atoms with Crippen molar-refractivity contribution in [3.63, 3.8) is 0 Å². The van der Waals surface area contributed by atoms with E-state index >= 15 is 0 Å². The number of carboxylic acid groups (broad SMARTS) is 1. The zero-order valence-electron chi connectivity index (χ0n) is 12.0. The number of fused-ring (bicyclic) bond motifs is 1. The number of hydrogen-bond acceptors (Lipinski definition) is 4. The maximum Gasteiger partial charge on any atom is 0.416 e. The molecule has 0 saturated heterocycles. The van der Waals surface area contributed by atoms with Crippen molar-refractivity contribution in [3.05, 3.63) is 47.3 Å². The summed E-state index contributed by atoms with van der Waals surface area (Å²) in [4.78, 5) is 20.9. The highest BCUT2D eigenvalue weighted by molar-refractivity contribution is 5.85. The Balaban J connectivity index is 2.15. The van der Waals surface area contributed by atoms with Crippen molar-refractivity contribution in [2.24, 2.45) is 0 Å². The molecular formula is C15H12F3N3O2. The van der Waals surface area contributed by atoms with Crippen LogP contribution >= 0.6 is 0 Å². The molecular weight excluding hydrogens is 311 g/mol. The molecule has 0 aliphatic carbocycles. The molecule has 3 rings (SSSR count). The number of aryl methyl sites for hydroxylation is 1. The van der Waals surface area contributed by atoms with Gasteiger partial charge in [-0.2, -0.15) is 13.2 Å². The predicted molar refractivity (Wildman–Crippen MR) is 75.5 cm³/mol. The maximum atomic E-state index is 13.0. The molecule has 2 aromatic heterocycles. The molecule has 0 aromatic carbocycles. The fourth-order valence-electron chi connectivity index (χ4n) is 2.66. The molecule has 5 nitrogen and oxygen atoms in total. The van der Waals surface area contributed by atoms with Crippen molar-refractivity contribution < 1.29 is 23.1 Å². The van der Waals surface area contributed by atoms with Gasteiger partial charge in [-0.05, 0) is 30.7 Å². The molecule has 8 heteroatoms. The molecule has 1 unspecified atom stereocenters. The highest BCUT2D eigenvalue weighted by Crippen LogP contribution is 2.38. The van der Waals surface area contributed by atoms with Crippen LogP contribution in [0.2, 0.25) is 0 Å². The second-order valence-electron chi connectivity index (χ2n) is 5.27. The quantitative estimate of drug-likeness (QED) is 0.920. The average molecular weight is 323 g/mol. The maximum absolute atomic E-state index is 13.0. The summed E-state index contributed by atoms with van der Waals surface area (Å²) in [6.07, 6.45) is -2.90. The van der Waals surface area contributed by atoms with E-state index in [0.29, 0.717) is 11.4 Å². The summed E-state index contributed by atoms with van der Waals surface area (Å²) in [7, 11) is 0. The van der Waals surface area contributed by atoms with E-state index in [1.807, 2.05) is 0 Å². The first-order chi connectivity index (χ1) is 10.8. The van der Waals surface area contributed by atoms with Crippen LogP contribution in [-0.2, 0) is 17.4 Å². The van der Waals surface area contributed by atoms with Crippen molar-refractivity contribution in [1.82, 2.24) is 9.97 Å². The van der Waals surface area contributed by atoms with Crippen molar-refractivity contribution in [2.45, 2.75) is 25.6 Å². The zero-order valence-corrected chi connectivity index (χ0v) is 12.0. The number of pyridine rings is 2. The number of anilines is 2. The van der Waals surface area contributed by atoms with Gasteiger partial charge in [-0.1, -0.05) is 6.07 Å². The molecule has 0 radical (unpaired) electrons. The van der Waals surface area contributed by atoms with Crippen molar-refractivity contribution in [1.29, 1.82) is 0 Å². The van der Waals surface area contributed by atoms with Crippen LogP contribution < -0.4 is 4.90 Å². The minimum Gasteiger partial charge on any atom is -0.480 e. The van der Waals surface area contributed by atoms with E-state index in [4.69, 9.17) is 0 Å². The van der Waals surface area contributed by atoms with Gasteiger partial charge in [0.2, 0.25) is 0 Å². The Morgan fingerprint density at radius 1 is 1.39 bits per heavy atom. The molecule has 120 valence electrons. The molecule has 0 fully saturated rings. The van der Waals surface area contributed by atoms with Crippen LogP contribution in [0.4, 0.5) is 24.8 Å². The van der Waals surface area contributed by atoms with Crippen LogP contribution in [0.25, 0.3) is 0 Å². The van der Waals surface area contributed by atoms with Gasteiger partial charge >= 0.3 is 12.1 Å². The molecule has 1 aliphatic heterocycles. The van der Waals surface area contributed by atoms with Gasteiger partial charge in [0.15, 0.2) is 0 Å². The molecule has 0 bridgehead atoms. The van der Waals surface area contributed by atoms with Gasteiger partial charge in [-0.15, -0.1) is 0 Å². The Morgan fingerprint density at radius 3 is 2.78 bits per heavy atom. The van der Waals surface area contributed by atoms with Gasteiger partial charge in [0.05, 0.1) is 5.56 Å². The number of alkyl halides is 3. The normalized spacial score (nSPS) is 17.2. The van der Waals surface area contributed by atoms with Crippen LogP contribution in [0.5, 0.6) is 0 Å². The number of hydrogen-bond donors (Lipinski definition) is 1. The number of halogens is 3. The Kier molecular flexibility index (Phi) is 3.46. The minimum atomic E-state index is -4.53. The summed E-state index contributed by atoms with van der Waals surface area (Å²) in [5.41, 5.74) is -0.0476. The Morgan fingerprint density at radius 2 is 2.13 bits per heavy atom. The summed E-state index contributed by atoms with van der Waals surface area (Å²) in [6, 6.07) is 4.11. The minimum absolute atomic E-state index is 0.0674. The molecule has 1 aliphatic rings. The molecule has 1 N–H and O–H groups in total. The van der Waals surface area contributed by atoms with Crippen molar-refractivity contribution in [2.75, 3.05) is 4.90 Å². The van der Waals surface area contributed by atoms with Gasteiger partial charge in [0.1, 0.15) is 17.7 Å². The lowest BCUT2D eigenvalue weighted by molar-refractivity contribution is -0.138. The number of aliphatic carboxylic acids is 1. The fraction of sp³-hybridized carbons (Fsp3) is 0.267. The molecule has 3 heterocycles. The number of carbonyl (C=O) groups is 1. The van der Waals surface area contributed by atoms with E-state index in [1.54, 1.807) is 12.1 Å². The van der Waals surface area contributed by atoms with Gasteiger partial charge in [-0.3, -0.25) is 4.90 Å². The zero-order chi connectivity index (χ0) is 16.8. The van der Waals surface area contributed by atoms with Crippen LogP contribution in [-0.4, -0.2) is 27.1 Å². The molecule has 23 heavy (non-hydrogen) atoms. The third-order valence-corrected chi connectivity index (χ3v) is 3.62. The van der Waals surface area contributed by atoms with Gasteiger partial charge in [-0.25, -0.2) is 14.8 Å². The first kappa shape index (κ1) is 15.3. The first-order valence-electron chi connectivity index (χ1n) is 6.79. The summed E-state index contributed by atoms with van der Waals surface area (Å²) >= 11 is 0. The average Bonchev–Trinajstić information content (AvgIpc) is 2.85. The van der Waals surface area contributed by atoms with Crippen molar-refractivity contribution in [3.8, 4) is 0 Å². The summed E-state index contributed by atoms with van der Waals surface area (Å²) in [5, 5.41) is 9.40. The second-order valence-corrected chi connectivity index (χ2v) is 5.27. The Bertz CT molecular complexity index is 777. The first-order valence-corrected chi connectivity index (χ1v) is 6.79. The summed E-state index contributed by atoms with van der Waals surface area (Å²) < 4.78 is 39.0. The molecule has 0 saturated carbocycles. The van der Waals surface area contributed by atoms with Crippen LogP contribution in [0.3, 0.4) is 0 Å².